The van der Waals surface area contributed by atoms with Gasteiger partial charge in [0.15, 0.2) is 10.8 Å². The van der Waals surface area contributed by atoms with Crippen molar-refractivity contribution in [2.75, 3.05) is 11.1 Å². The molecule has 35 heavy (non-hydrogen) atoms. The molecule has 4 heterocycles. The summed E-state index contributed by atoms with van der Waals surface area (Å²) in [5.74, 6) is 1.61. The Morgan fingerprint density at radius 2 is 2.00 bits per heavy atom. The van der Waals surface area contributed by atoms with Crippen LogP contribution in [0.15, 0.2) is 58.3 Å². The molecule has 0 saturated carbocycles. The number of benzene rings is 1. The number of thioether (sulfide) groups is 1. The topological polar surface area (TPSA) is 101 Å². The molecule has 1 N–H and O–H groups in total. The van der Waals surface area contributed by atoms with Crippen molar-refractivity contribution < 1.29 is 9.21 Å². The Labute approximate surface area is 206 Å². The molecular weight excluding hydrogens is 460 g/mol. The van der Waals surface area contributed by atoms with Crippen molar-refractivity contribution >= 4 is 40.0 Å². The first kappa shape index (κ1) is 22.7. The molecule has 0 saturated heterocycles. The van der Waals surface area contributed by atoms with Crippen LogP contribution < -0.4 is 5.32 Å². The Balaban J connectivity index is 1.33. The molecule has 5 rings (SSSR count). The van der Waals surface area contributed by atoms with Gasteiger partial charge in [-0.25, -0.2) is 0 Å². The number of furan rings is 1. The Bertz CT molecular complexity index is 1590. The van der Waals surface area contributed by atoms with Gasteiger partial charge < -0.3 is 14.3 Å². The maximum Gasteiger partial charge on any atom is 0.226 e. The van der Waals surface area contributed by atoms with E-state index in [9.17, 15) is 10.1 Å². The van der Waals surface area contributed by atoms with Gasteiger partial charge in [-0.3, -0.25) is 9.20 Å². The highest BCUT2D eigenvalue weighted by atomic mass is 32.2. The minimum absolute atomic E-state index is 0.165. The van der Waals surface area contributed by atoms with E-state index >= 15 is 0 Å². The number of pyridine rings is 1. The minimum atomic E-state index is -0.165. The lowest BCUT2D eigenvalue weighted by Crippen LogP contribution is -2.17. The van der Waals surface area contributed by atoms with E-state index in [1.54, 1.807) is 6.26 Å². The molecule has 0 atom stereocenters. The van der Waals surface area contributed by atoms with Crippen LogP contribution in [0.25, 0.3) is 16.6 Å². The van der Waals surface area contributed by atoms with E-state index in [0.717, 1.165) is 44.3 Å². The third-order valence-electron chi connectivity index (χ3n) is 6.23. The Morgan fingerprint density at radius 1 is 1.17 bits per heavy atom. The summed E-state index contributed by atoms with van der Waals surface area (Å²) in [5.41, 5.74) is 5.21. The van der Waals surface area contributed by atoms with E-state index in [1.165, 1.54) is 11.8 Å². The Kier molecular flexibility index (Phi) is 6.05. The SMILES string of the molecule is Cc1c(C#N)c(NC(=O)CCSc2nnc3cc(C)c4ccccc4n23)n(Cc2ccco2)c1C. The second-order valence-electron chi connectivity index (χ2n) is 8.38. The van der Waals surface area contributed by atoms with E-state index in [-0.39, 0.29) is 12.3 Å². The number of nitrogens with one attached hydrogen (secondary N) is 1. The van der Waals surface area contributed by atoms with Gasteiger partial charge in [-0.2, -0.15) is 5.26 Å². The first-order valence-electron chi connectivity index (χ1n) is 11.3. The maximum atomic E-state index is 12.9. The fourth-order valence-corrected chi connectivity index (χ4v) is 5.17. The van der Waals surface area contributed by atoms with E-state index in [0.29, 0.717) is 23.7 Å². The van der Waals surface area contributed by atoms with Crippen molar-refractivity contribution in [3.05, 3.63) is 76.9 Å². The molecule has 0 spiro atoms. The molecule has 0 aliphatic rings. The molecule has 0 aliphatic heterocycles. The van der Waals surface area contributed by atoms with Crippen molar-refractivity contribution in [2.24, 2.45) is 0 Å². The first-order valence-corrected chi connectivity index (χ1v) is 12.2. The van der Waals surface area contributed by atoms with E-state index < -0.39 is 0 Å². The normalized spacial score (nSPS) is 11.3. The standard InChI is InChI=1S/C26H24N6O2S/c1-16-13-23-29-30-26(32(23)22-9-5-4-8-20(16)22)35-12-10-24(33)28-25-21(14-27)17(2)18(3)31(25)15-19-7-6-11-34-19/h4-9,11,13H,10,12,15H2,1-3H3,(H,28,33). The van der Waals surface area contributed by atoms with Gasteiger partial charge in [0.05, 0.1) is 23.9 Å². The van der Waals surface area contributed by atoms with Gasteiger partial charge in [-0.05, 0) is 56.2 Å². The van der Waals surface area contributed by atoms with Gasteiger partial charge in [0.25, 0.3) is 0 Å². The summed E-state index contributed by atoms with van der Waals surface area (Å²) < 4.78 is 9.42. The molecular formula is C26H24N6O2S. The van der Waals surface area contributed by atoms with Crippen molar-refractivity contribution in [1.29, 1.82) is 5.26 Å². The summed E-state index contributed by atoms with van der Waals surface area (Å²) in [5, 5.41) is 23.2. The zero-order chi connectivity index (χ0) is 24.5. The van der Waals surface area contributed by atoms with E-state index in [1.807, 2.05) is 53.1 Å². The van der Waals surface area contributed by atoms with Gasteiger partial charge in [0.1, 0.15) is 17.6 Å². The first-order chi connectivity index (χ1) is 17.0. The summed E-state index contributed by atoms with van der Waals surface area (Å²) in [4.78, 5) is 12.9. The number of nitrogens with zero attached hydrogens (tertiary/aromatic N) is 5. The molecule has 4 aromatic heterocycles. The molecule has 1 aromatic carbocycles. The number of carbonyl (C=O) groups excluding carboxylic acids is 1. The van der Waals surface area contributed by atoms with E-state index in [2.05, 4.69) is 40.6 Å². The van der Waals surface area contributed by atoms with Crippen LogP contribution in [0.1, 0.15) is 34.6 Å². The lowest BCUT2D eigenvalue weighted by Gasteiger charge is -2.12. The monoisotopic (exact) mass is 484 g/mol. The average molecular weight is 485 g/mol. The third kappa shape index (κ3) is 4.17. The number of para-hydroxylation sites is 1. The highest BCUT2D eigenvalue weighted by Gasteiger charge is 2.20. The summed E-state index contributed by atoms with van der Waals surface area (Å²) in [6, 6.07) is 16.1. The molecule has 1 amide bonds. The lowest BCUT2D eigenvalue weighted by atomic mass is 10.1. The van der Waals surface area contributed by atoms with Crippen molar-refractivity contribution in [3.8, 4) is 6.07 Å². The van der Waals surface area contributed by atoms with Crippen molar-refractivity contribution in [3.63, 3.8) is 0 Å². The highest BCUT2D eigenvalue weighted by Crippen LogP contribution is 2.29. The molecule has 0 fully saturated rings. The number of aromatic nitrogens is 4. The fraction of sp³-hybridized carbons (Fsp3) is 0.231. The smallest absolute Gasteiger partial charge is 0.226 e. The largest absolute Gasteiger partial charge is 0.467 e. The van der Waals surface area contributed by atoms with E-state index in [4.69, 9.17) is 4.42 Å². The predicted octanol–water partition coefficient (Wildman–Crippen LogP) is 5.24. The van der Waals surface area contributed by atoms with Crippen molar-refractivity contribution in [1.82, 2.24) is 19.2 Å². The zero-order valence-electron chi connectivity index (χ0n) is 19.7. The maximum absolute atomic E-state index is 12.9. The van der Waals surface area contributed by atoms with Gasteiger partial charge >= 0.3 is 0 Å². The Hall–Kier alpha value is -4.03. The van der Waals surface area contributed by atoms with Gasteiger partial charge in [0, 0.05) is 23.3 Å². The van der Waals surface area contributed by atoms with Gasteiger partial charge in [0.2, 0.25) is 5.91 Å². The molecule has 0 radical (unpaired) electrons. The quantitative estimate of drug-likeness (QED) is 0.317. The third-order valence-corrected chi connectivity index (χ3v) is 7.16. The molecule has 0 aliphatic carbocycles. The summed E-state index contributed by atoms with van der Waals surface area (Å²) in [7, 11) is 0. The zero-order valence-corrected chi connectivity index (χ0v) is 20.5. The van der Waals surface area contributed by atoms with Crippen LogP contribution in [-0.4, -0.2) is 30.8 Å². The van der Waals surface area contributed by atoms with Crippen LogP contribution in [0.2, 0.25) is 0 Å². The predicted molar refractivity (Wildman–Crippen MR) is 136 cm³/mol. The number of hydrogen-bond donors (Lipinski definition) is 1. The summed E-state index contributed by atoms with van der Waals surface area (Å²) >= 11 is 1.48. The van der Waals surface area contributed by atoms with Crippen LogP contribution >= 0.6 is 11.8 Å². The second-order valence-corrected chi connectivity index (χ2v) is 9.44. The number of rotatable bonds is 7. The number of nitriles is 1. The van der Waals surface area contributed by atoms with Crippen LogP contribution in [0.4, 0.5) is 5.82 Å². The molecule has 5 aromatic rings. The summed E-state index contributed by atoms with van der Waals surface area (Å²) in [6.07, 6.45) is 1.87. The van der Waals surface area contributed by atoms with Crippen LogP contribution in [0, 0.1) is 32.1 Å². The minimum Gasteiger partial charge on any atom is -0.467 e. The lowest BCUT2D eigenvalue weighted by molar-refractivity contribution is -0.115. The number of aryl methyl sites for hydroxylation is 1. The molecule has 9 heteroatoms. The summed E-state index contributed by atoms with van der Waals surface area (Å²) in [6.45, 7) is 6.33. The highest BCUT2D eigenvalue weighted by molar-refractivity contribution is 7.99. The number of fused-ring (bicyclic) bond motifs is 3. The number of hydrogen-bond acceptors (Lipinski definition) is 6. The Morgan fingerprint density at radius 3 is 2.77 bits per heavy atom. The molecule has 176 valence electrons. The van der Waals surface area contributed by atoms with Gasteiger partial charge in [-0.1, -0.05) is 30.0 Å². The molecule has 8 nitrogen and oxygen atoms in total. The second kappa shape index (κ2) is 9.31. The number of carbonyl (C=O) groups is 1. The van der Waals surface area contributed by atoms with Crippen LogP contribution in [0.3, 0.4) is 0 Å². The van der Waals surface area contributed by atoms with Crippen LogP contribution in [-0.2, 0) is 11.3 Å². The molecule has 0 bridgehead atoms. The van der Waals surface area contributed by atoms with Gasteiger partial charge in [-0.15, -0.1) is 10.2 Å². The van der Waals surface area contributed by atoms with Crippen LogP contribution in [0.5, 0.6) is 0 Å². The van der Waals surface area contributed by atoms with Crippen molar-refractivity contribution in [2.45, 2.75) is 38.9 Å². The molecule has 0 unspecified atom stereocenters. The fourth-order valence-electron chi connectivity index (χ4n) is 4.28. The number of anilines is 1. The number of amides is 1. The average Bonchev–Trinajstić information content (AvgIpc) is 3.56.